The summed E-state index contributed by atoms with van der Waals surface area (Å²) >= 11 is 0. The predicted molar refractivity (Wildman–Crippen MR) is 142 cm³/mol. The molecule has 0 amide bonds. The average Bonchev–Trinajstić information content (AvgIpc) is 2.77. The number of nitrogens with zero attached hydrogens (tertiary/aromatic N) is 2. The van der Waals surface area contributed by atoms with E-state index in [-0.39, 0.29) is 36.6 Å². The van der Waals surface area contributed by atoms with Gasteiger partial charge in [-0.3, -0.25) is 9.98 Å². The summed E-state index contributed by atoms with van der Waals surface area (Å²) in [6, 6.07) is 17.8. The molecule has 0 saturated heterocycles. The first kappa shape index (κ1) is 25.9. The Labute approximate surface area is 207 Å². The molecule has 0 bridgehead atoms. The molecule has 1 unspecified atom stereocenters. The minimum absolute atomic E-state index is 0. The molecule has 0 radical (unpaired) electrons. The predicted octanol–water partition coefficient (Wildman–Crippen LogP) is 4.47. The number of benzene rings is 2. The van der Waals surface area contributed by atoms with Gasteiger partial charge in [-0.15, -0.1) is 24.0 Å². The largest absolute Gasteiger partial charge is 0.491 e. The summed E-state index contributed by atoms with van der Waals surface area (Å²) in [4.78, 5) is 9.07. The zero-order chi connectivity index (χ0) is 22.1. The summed E-state index contributed by atoms with van der Waals surface area (Å²) in [5.41, 5.74) is 3.05. The summed E-state index contributed by atoms with van der Waals surface area (Å²) in [6.07, 6.45) is 2.11. The highest BCUT2D eigenvalue weighted by molar-refractivity contribution is 14.0. The number of para-hydroxylation sites is 1. The van der Waals surface area contributed by atoms with Crippen molar-refractivity contribution < 1.29 is 9.84 Å². The quantitative estimate of drug-likeness (QED) is 0.209. The first-order valence-electron chi connectivity index (χ1n) is 10.9. The second kappa shape index (κ2) is 13.2. The fraction of sp³-hybridized carbons (Fsp3) is 0.360. The molecule has 3 aromatic rings. The number of aliphatic hydroxyl groups is 1. The summed E-state index contributed by atoms with van der Waals surface area (Å²) in [5.74, 6) is 1.49. The zero-order valence-corrected chi connectivity index (χ0v) is 21.2. The minimum atomic E-state index is -0.675. The van der Waals surface area contributed by atoms with Gasteiger partial charge in [-0.05, 0) is 56.5 Å². The van der Waals surface area contributed by atoms with Crippen LogP contribution in [-0.2, 0) is 6.42 Å². The topological polar surface area (TPSA) is 78.8 Å². The Morgan fingerprint density at radius 2 is 1.81 bits per heavy atom. The van der Waals surface area contributed by atoms with Crippen LogP contribution in [0.4, 0.5) is 0 Å². The number of nitrogens with one attached hydrogen (secondary N) is 2. The van der Waals surface area contributed by atoms with Crippen molar-refractivity contribution in [2.24, 2.45) is 4.99 Å². The molecular weight excluding hydrogens is 515 g/mol. The van der Waals surface area contributed by atoms with Crippen LogP contribution in [-0.4, -0.2) is 41.8 Å². The van der Waals surface area contributed by atoms with Gasteiger partial charge in [-0.25, -0.2) is 0 Å². The highest BCUT2D eigenvalue weighted by atomic mass is 127. The summed E-state index contributed by atoms with van der Waals surface area (Å²) < 4.78 is 5.65. The second-order valence-corrected chi connectivity index (χ2v) is 7.64. The van der Waals surface area contributed by atoms with E-state index in [0.717, 1.165) is 41.7 Å². The third-order valence-electron chi connectivity index (χ3n) is 4.81. The number of hydrogen-bond acceptors (Lipinski definition) is 4. The lowest BCUT2D eigenvalue weighted by molar-refractivity contribution is 0.186. The van der Waals surface area contributed by atoms with Crippen LogP contribution in [0.1, 0.15) is 38.0 Å². The molecule has 0 aliphatic carbocycles. The van der Waals surface area contributed by atoms with E-state index in [1.807, 2.05) is 57.3 Å². The first-order chi connectivity index (χ1) is 15.1. The number of aliphatic imine (C=N–C) groups is 1. The number of fused-ring (bicyclic) bond motifs is 1. The van der Waals surface area contributed by atoms with Gasteiger partial charge in [0, 0.05) is 24.7 Å². The number of rotatable bonds is 9. The molecule has 0 saturated carbocycles. The molecule has 0 aliphatic heterocycles. The lowest BCUT2D eigenvalue weighted by Crippen LogP contribution is -2.38. The van der Waals surface area contributed by atoms with Crippen molar-refractivity contribution in [2.75, 3.05) is 19.6 Å². The number of ether oxygens (including phenoxy) is 1. The smallest absolute Gasteiger partial charge is 0.191 e. The van der Waals surface area contributed by atoms with Gasteiger partial charge < -0.3 is 20.5 Å². The molecule has 3 rings (SSSR count). The van der Waals surface area contributed by atoms with Gasteiger partial charge in [0.15, 0.2) is 5.96 Å². The number of halogens is 1. The van der Waals surface area contributed by atoms with E-state index in [9.17, 15) is 5.11 Å². The monoisotopic (exact) mass is 548 g/mol. The van der Waals surface area contributed by atoms with Gasteiger partial charge in [0.1, 0.15) is 5.75 Å². The highest BCUT2D eigenvalue weighted by Gasteiger charge is 2.09. The van der Waals surface area contributed by atoms with Crippen molar-refractivity contribution in [2.45, 2.75) is 39.4 Å². The Kier molecular flexibility index (Phi) is 10.7. The van der Waals surface area contributed by atoms with E-state index < -0.39 is 6.10 Å². The van der Waals surface area contributed by atoms with E-state index in [0.29, 0.717) is 5.96 Å². The van der Waals surface area contributed by atoms with Gasteiger partial charge in [0.25, 0.3) is 0 Å². The van der Waals surface area contributed by atoms with Gasteiger partial charge in [0.2, 0.25) is 0 Å². The molecule has 2 aromatic carbocycles. The first-order valence-corrected chi connectivity index (χ1v) is 10.9. The molecule has 0 aliphatic rings. The van der Waals surface area contributed by atoms with Gasteiger partial charge in [-0.2, -0.15) is 0 Å². The van der Waals surface area contributed by atoms with Crippen LogP contribution in [0, 0.1) is 0 Å². The Morgan fingerprint density at radius 3 is 2.53 bits per heavy atom. The molecule has 1 heterocycles. The second-order valence-electron chi connectivity index (χ2n) is 7.64. The number of hydrogen-bond donors (Lipinski definition) is 3. The Morgan fingerprint density at radius 1 is 1.06 bits per heavy atom. The molecule has 1 aromatic heterocycles. The molecule has 6 nitrogen and oxygen atoms in total. The van der Waals surface area contributed by atoms with Crippen molar-refractivity contribution in [3.8, 4) is 5.75 Å². The summed E-state index contributed by atoms with van der Waals surface area (Å²) in [6.45, 7) is 7.75. The van der Waals surface area contributed by atoms with Crippen molar-refractivity contribution in [1.82, 2.24) is 15.6 Å². The lowest BCUT2D eigenvalue weighted by Gasteiger charge is -2.14. The van der Waals surface area contributed by atoms with Crippen molar-refractivity contribution >= 4 is 40.8 Å². The minimum Gasteiger partial charge on any atom is -0.491 e. The van der Waals surface area contributed by atoms with Gasteiger partial charge in [-0.1, -0.05) is 36.4 Å². The molecule has 0 spiro atoms. The van der Waals surface area contributed by atoms with Crippen LogP contribution in [0.5, 0.6) is 5.75 Å². The standard InChI is InChI=1S/C25H32N4O2.HI/c1-4-26-25(28-16-14-21-8-5-7-20-9-6-15-27-24(20)21)29-17-23(30)19-10-12-22(13-11-19)31-18(2)3;/h5-13,15,18,23,30H,4,14,16-17H2,1-3H3,(H2,26,28,29);1H. The third kappa shape index (κ3) is 7.63. The number of aromatic nitrogens is 1. The maximum Gasteiger partial charge on any atom is 0.191 e. The normalized spacial score (nSPS) is 12.3. The van der Waals surface area contributed by atoms with E-state index in [1.165, 1.54) is 5.56 Å². The van der Waals surface area contributed by atoms with Crippen LogP contribution in [0.3, 0.4) is 0 Å². The van der Waals surface area contributed by atoms with Crippen LogP contribution < -0.4 is 15.4 Å². The molecule has 32 heavy (non-hydrogen) atoms. The zero-order valence-electron chi connectivity index (χ0n) is 18.9. The van der Waals surface area contributed by atoms with E-state index in [2.05, 4.69) is 44.9 Å². The number of guanidine groups is 1. The molecule has 1 atom stereocenters. The van der Waals surface area contributed by atoms with Crippen LogP contribution in [0.25, 0.3) is 10.9 Å². The van der Waals surface area contributed by atoms with Crippen molar-refractivity contribution in [3.63, 3.8) is 0 Å². The van der Waals surface area contributed by atoms with Crippen molar-refractivity contribution in [3.05, 3.63) is 71.9 Å². The Hall–Kier alpha value is -2.39. The summed E-state index contributed by atoms with van der Waals surface area (Å²) in [7, 11) is 0. The van der Waals surface area contributed by atoms with Crippen LogP contribution in [0.15, 0.2) is 65.8 Å². The Bertz CT molecular complexity index is 987. The summed E-state index contributed by atoms with van der Waals surface area (Å²) in [5, 5.41) is 18.3. The van der Waals surface area contributed by atoms with E-state index in [4.69, 9.17) is 4.74 Å². The third-order valence-corrected chi connectivity index (χ3v) is 4.81. The fourth-order valence-electron chi connectivity index (χ4n) is 3.35. The van der Waals surface area contributed by atoms with Crippen LogP contribution >= 0.6 is 24.0 Å². The SMILES string of the molecule is CCNC(=NCC(O)c1ccc(OC(C)C)cc1)NCCc1cccc2cccnc12.I. The molecule has 172 valence electrons. The maximum atomic E-state index is 10.5. The number of pyridine rings is 1. The van der Waals surface area contributed by atoms with E-state index >= 15 is 0 Å². The van der Waals surface area contributed by atoms with E-state index in [1.54, 1.807) is 0 Å². The highest BCUT2D eigenvalue weighted by Crippen LogP contribution is 2.19. The maximum absolute atomic E-state index is 10.5. The molecule has 0 fully saturated rings. The lowest BCUT2D eigenvalue weighted by atomic mass is 10.1. The molecule has 7 heteroatoms. The van der Waals surface area contributed by atoms with Crippen LogP contribution in [0.2, 0.25) is 0 Å². The van der Waals surface area contributed by atoms with Gasteiger partial charge >= 0.3 is 0 Å². The van der Waals surface area contributed by atoms with Gasteiger partial charge in [0.05, 0.1) is 24.3 Å². The van der Waals surface area contributed by atoms with Crippen molar-refractivity contribution in [1.29, 1.82) is 0 Å². The fourth-order valence-corrected chi connectivity index (χ4v) is 3.35. The molecular formula is C25H33IN4O2. The average molecular weight is 548 g/mol. The number of aliphatic hydroxyl groups excluding tert-OH is 1. The Balaban J connectivity index is 0.00000363. The molecule has 3 N–H and O–H groups in total.